The highest BCUT2D eigenvalue weighted by Crippen LogP contribution is 2.21. The first-order valence-electron chi connectivity index (χ1n) is 6.97. The minimum Gasteiger partial charge on any atom is -0.456 e. The molecule has 118 valence electrons. The standard InChI is InChI=1S/C16H14N2O4S/c19-13(11-5-3-7-17-11)8-22-16(20)10-21-9-15-18-12-4-1-2-6-14(12)23-15/h1-7,17H,8-10H2. The number of nitrogens with zero attached hydrogens (tertiary/aromatic N) is 1. The maximum atomic E-state index is 11.6. The predicted molar refractivity (Wildman–Crippen MR) is 85.4 cm³/mol. The fourth-order valence-electron chi connectivity index (χ4n) is 1.97. The van der Waals surface area contributed by atoms with Gasteiger partial charge in [-0.05, 0) is 24.3 Å². The average molecular weight is 330 g/mol. The number of para-hydroxylation sites is 1. The third kappa shape index (κ3) is 4.02. The molecule has 0 aliphatic carbocycles. The number of benzene rings is 1. The SMILES string of the molecule is O=C(COCc1nc2ccccc2s1)OCC(=O)c1ccc[nH]1. The van der Waals surface area contributed by atoms with Crippen LogP contribution >= 0.6 is 11.3 Å². The third-order valence-electron chi connectivity index (χ3n) is 3.05. The summed E-state index contributed by atoms with van der Waals surface area (Å²) in [6.45, 7) is -0.281. The van der Waals surface area contributed by atoms with Crippen molar-refractivity contribution in [3.8, 4) is 0 Å². The first-order valence-corrected chi connectivity index (χ1v) is 7.78. The monoisotopic (exact) mass is 330 g/mol. The quantitative estimate of drug-likeness (QED) is 0.532. The van der Waals surface area contributed by atoms with Crippen molar-refractivity contribution in [2.45, 2.75) is 6.61 Å². The zero-order chi connectivity index (χ0) is 16.1. The number of H-pyrrole nitrogens is 1. The summed E-state index contributed by atoms with van der Waals surface area (Å²) in [4.78, 5) is 30.4. The predicted octanol–water partition coefficient (Wildman–Crippen LogP) is 2.57. The normalized spacial score (nSPS) is 10.8. The van der Waals surface area contributed by atoms with E-state index in [1.807, 2.05) is 24.3 Å². The summed E-state index contributed by atoms with van der Waals surface area (Å²) >= 11 is 1.52. The van der Waals surface area contributed by atoms with E-state index in [1.165, 1.54) is 11.3 Å². The van der Waals surface area contributed by atoms with Gasteiger partial charge in [0.25, 0.3) is 0 Å². The zero-order valence-electron chi connectivity index (χ0n) is 12.2. The molecule has 0 aliphatic rings. The molecule has 0 spiro atoms. The molecule has 0 aliphatic heterocycles. The number of carbonyl (C=O) groups is 2. The second-order valence-corrected chi connectivity index (χ2v) is 5.85. The van der Waals surface area contributed by atoms with Crippen LogP contribution in [-0.2, 0) is 20.9 Å². The topological polar surface area (TPSA) is 81.3 Å². The van der Waals surface area contributed by atoms with Gasteiger partial charge in [0, 0.05) is 6.20 Å². The van der Waals surface area contributed by atoms with Crippen LogP contribution in [0, 0.1) is 0 Å². The molecule has 0 amide bonds. The van der Waals surface area contributed by atoms with Gasteiger partial charge in [-0.2, -0.15) is 0 Å². The summed E-state index contributed by atoms with van der Waals surface area (Å²) < 4.78 is 11.2. The number of carbonyl (C=O) groups excluding carboxylic acids is 2. The van der Waals surface area contributed by atoms with Crippen LogP contribution in [0.3, 0.4) is 0 Å². The van der Waals surface area contributed by atoms with E-state index in [0.29, 0.717) is 5.69 Å². The van der Waals surface area contributed by atoms with Crippen molar-refractivity contribution >= 4 is 33.3 Å². The third-order valence-corrected chi connectivity index (χ3v) is 4.06. The van der Waals surface area contributed by atoms with Gasteiger partial charge in [-0.25, -0.2) is 9.78 Å². The van der Waals surface area contributed by atoms with Crippen molar-refractivity contribution in [3.63, 3.8) is 0 Å². The van der Waals surface area contributed by atoms with Crippen LogP contribution in [0.1, 0.15) is 15.5 Å². The summed E-state index contributed by atoms with van der Waals surface area (Å²) in [6.07, 6.45) is 1.64. The van der Waals surface area contributed by atoms with Crippen LogP contribution in [-0.4, -0.2) is 34.9 Å². The number of ketones is 1. The van der Waals surface area contributed by atoms with Gasteiger partial charge in [-0.15, -0.1) is 11.3 Å². The fraction of sp³-hybridized carbons (Fsp3) is 0.188. The van der Waals surface area contributed by atoms with Gasteiger partial charge >= 0.3 is 5.97 Å². The summed E-state index contributed by atoms with van der Waals surface area (Å²) in [7, 11) is 0. The number of esters is 1. The lowest BCUT2D eigenvalue weighted by Gasteiger charge is -2.03. The van der Waals surface area contributed by atoms with Crippen molar-refractivity contribution in [1.29, 1.82) is 0 Å². The Morgan fingerprint density at radius 2 is 2.00 bits per heavy atom. The van der Waals surface area contributed by atoms with Crippen molar-refractivity contribution in [2.75, 3.05) is 13.2 Å². The number of rotatable bonds is 7. The average Bonchev–Trinajstić information content (AvgIpc) is 3.21. The van der Waals surface area contributed by atoms with Crippen molar-refractivity contribution < 1.29 is 19.1 Å². The maximum absolute atomic E-state index is 11.6. The number of thiazole rings is 1. The number of fused-ring (bicyclic) bond motifs is 1. The van der Waals surface area contributed by atoms with E-state index in [2.05, 4.69) is 9.97 Å². The molecule has 3 rings (SSSR count). The first kappa shape index (κ1) is 15.4. The first-order chi connectivity index (χ1) is 11.2. The van der Waals surface area contributed by atoms with E-state index in [1.54, 1.807) is 18.3 Å². The number of hydrogen-bond donors (Lipinski definition) is 1. The molecule has 0 unspecified atom stereocenters. The molecule has 0 saturated heterocycles. The molecular weight excluding hydrogens is 316 g/mol. The lowest BCUT2D eigenvalue weighted by Crippen LogP contribution is -2.18. The van der Waals surface area contributed by atoms with E-state index >= 15 is 0 Å². The van der Waals surface area contributed by atoms with E-state index in [9.17, 15) is 9.59 Å². The zero-order valence-corrected chi connectivity index (χ0v) is 13.0. The highest BCUT2D eigenvalue weighted by molar-refractivity contribution is 7.18. The van der Waals surface area contributed by atoms with Gasteiger partial charge in [0.05, 0.1) is 22.5 Å². The smallest absolute Gasteiger partial charge is 0.332 e. The van der Waals surface area contributed by atoms with Gasteiger partial charge < -0.3 is 14.5 Å². The summed E-state index contributed by atoms with van der Waals surface area (Å²) in [5.41, 5.74) is 1.32. The van der Waals surface area contributed by atoms with Crippen LogP contribution in [0.25, 0.3) is 10.2 Å². The van der Waals surface area contributed by atoms with Crippen LogP contribution in [0.15, 0.2) is 42.6 Å². The van der Waals surface area contributed by atoms with Crippen LogP contribution in [0.2, 0.25) is 0 Å². The summed E-state index contributed by atoms with van der Waals surface area (Å²) in [5, 5.41) is 0.793. The molecule has 0 atom stereocenters. The maximum Gasteiger partial charge on any atom is 0.332 e. The molecule has 6 nitrogen and oxygen atoms in total. The van der Waals surface area contributed by atoms with Crippen molar-refractivity contribution in [2.24, 2.45) is 0 Å². The van der Waals surface area contributed by atoms with Crippen LogP contribution in [0.4, 0.5) is 0 Å². The number of aromatic nitrogens is 2. The molecule has 2 heterocycles. The lowest BCUT2D eigenvalue weighted by atomic mass is 10.3. The number of Topliss-reactive ketones (excluding diaryl/α,β-unsaturated/α-hetero) is 1. The molecule has 1 aromatic carbocycles. The molecule has 3 aromatic rings. The van der Waals surface area contributed by atoms with E-state index in [0.717, 1.165) is 15.2 Å². The summed E-state index contributed by atoms with van der Waals surface area (Å²) in [5.74, 6) is -0.861. The Labute approximate surface area is 136 Å². The molecule has 7 heteroatoms. The second-order valence-electron chi connectivity index (χ2n) is 4.74. The molecule has 0 bridgehead atoms. The number of hydrogen-bond acceptors (Lipinski definition) is 6. The van der Waals surface area contributed by atoms with E-state index in [-0.39, 0.29) is 25.6 Å². The Bertz CT molecular complexity index is 777. The highest BCUT2D eigenvalue weighted by Gasteiger charge is 2.11. The largest absolute Gasteiger partial charge is 0.456 e. The van der Waals surface area contributed by atoms with Crippen LogP contribution in [0.5, 0.6) is 0 Å². The molecule has 2 aromatic heterocycles. The van der Waals surface area contributed by atoms with Crippen molar-refractivity contribution in [3.05, 3.63) is 53.3 Å². The van der Waals surface area contributed by atoms with Crippen LogP contribution < -0.4 is 0 Å². The molecular formula is C16H14N2O4S. The Morgan fingerprint density at radius 1 is 1.13 bits per heavy atom. The molecule has 0 fully saturated rings. The van der Waals surface area contributed by atoms with Gasteiger partial charge in [-0.3, -0.25) is 4.79 Å². The Balaban J connectivity index is 1.41. The number of nitrogens with one attached hydrogen (secondary N) is 1. The Morgan fingerprint density at radius 3 is 2.78 bits per heavy atom. The summed E-state index contributed by atoms with van der Waals surface area (Å²) in [6, 6.07) is 11.1. The second kappa shape index (κ2) is 7.17. The number of ether oxygens (including phenoxy) is 2. The van der Waals surface area contributed by atoms with Gasteiger partial charge in [-0.1, -0.05) is 12.1 Å². The van der Waals surface area contributed by atoms with E-state index < -0.39 is 5.97 Å². The van der Waals surface area contributed by atoms with Gasteiger partial charge in [0.1, 0.15) is 11.6 Å². The minimum atomic E-state index is -0.578. The van der Waals surface area contributed by atoms with Crippen molar-refractivity contribution in [1.82, 2.24) is 9.97 Å². The number of aromatic amines is 1. The van der Waals surface area contributed by atoms with Gasteiger partial charge in [0.2, 0.25) is 5.78 Å². The molecule has 0 radical (unpaired) electrons. The Hall–Kier alpha value is -2.51. The lowest BCUT2D eigenvalue weighted by molar-refractivity contribution is -0.148. The molecule has 1 N–H and O–H groups in total. The van der Waals surface area contributed by atoms with Gasteiger partial charge in [0.15, 0.2) is 6.61 Å². The van der Waals surface area contributed by atoms with E-state index in [4.69, 9.17) is 9.47 Å². The molecule has 0 saturated carbocycles. The Kier molecular flexibility index (Phi) is 4.80. The minimum absolute atomic E-state index is 0.214. The fourth-order valence-corrected chi connectivity index (χ4v) is 2.88. The highest BCUT2D eigenvalue weighted by atomic mass is 32.1. The molecule has 23 heavy (non-hydrogen) atoms.